The lowest BCUT2D eigenvalue weighted by Gasteiger charge is -2.60. The summed E-state index contributed by atoms with van der Waals surface area (Å²) in [6.07, 6.45) is 3.86. The maximum absolute atomic E-state index is 15.8. The van der Waals surface area contributed by atoms with Crippen LogP contribution in [0.25, 0.3) is 0 Å². The average molecular weight is 585 g/mol. The topological polar surface area (TPSA) is 127 Å². The zero-order chi connectivity index (χ0) is 29.3. The van der Waals surface area contributed by atoms with Crippen molar-refractivity contribution in [2.45, 2.75) is 64.2 Å². The second-order valence-electron chi connectivity index (χ2n) is 12.3. The number of hydrogen-bond acceptors (Lipinski definition) is 9. The highest BCUT2D eigenvalue weighted by atomic mass is 32.2. The van der Waals surface area contributed by atoms with Crippen LogP contribution in [0, 0.1) is 34.5 Å². The van der Waals surface area contributed by atoms with Crippen molar-refractivity contribution in [3.05, 3.63) is 72.1 Å². The first-order chi connectivity index (χ1) is 19.4. The second kappa shape index (κ2) is 9.90. The van der Waals surface area contributed by atoms with E-state index in [4.69, 9.17) is 13.6 Å². The fourth-order valence-corrected chi connectivity index (χ4v) is 9.68. The fourth-order valence-electron chi connectivity index (χ4n) is 8.66. The monoisotopic (exact) mass is 584 g/mol. The number of fused-ring (bicyclic) bond motifs is 5. The van der Waals surface area contributed by atoms with Crippen LogP contribution in [-0.2, 0) is 14.3 Å². The number of rotatable bonds is 5. The number of thioether (sulfide) groups is 1. The molecule has 6 rings (SSSR count). The van der Waals surface area contributed by atoms with E-state index in [1.54, 1.807) is 18.2 Å². The van der Waals surface area contributed by atoms with Gasteiger partial charge in [-0.15, -0.1) is 0 Å². The van der Waals surface area contributed by atoms with E-state index in [0.29, 0.717) is 23.8 Å². The van der Waals surface area contributed by atoms with Gasteiger partial charge in [0.15, 0.2) is 17.3 Å². The molecule has 3 saturated carbocycles. The van der Waals surface area contributed by atoms with Crippen molar-refractivity contribution in [3.63, 3.8) is 0 Å². The van der Waals surface area contributed by atoms with Crippen LogP contribution in [-0.4, -0.2) is 44.1 Å². The third kappa shape index (κ3) is 4.09. The van der Waals surface area contributed by atoms with Gasteiger partial charge in [0, 0.05) is 16.7 Å². The minimum atomic E-state index is -1.73. The number of furan rings is 2. The average Bonchev–Trinajstić information content (AvgIpc) is 3.67. The summed E-state index contributed by atoms with van der Waals surface area (Å²) in [7, 11) is 0. The van der Waals surface area contributed by atoms with Gasteiger partial charge >= 0.3 is 0 Å². The smallest absolute Gasteiger partial charge is 0.262 e. The molecule has 0 aliphatic heterocycles. The largest absolute Gasteiger partial charge is 0.464 e. The van der Waals surface area contributed by atoms with Gasteiger partial charge < -0.3 is 23.8 Å². The van der Waals surface area contributed by atoms with Crippen molar-refractivity contribution < 1.29 is 42.6 Å². The minimum Gasteiger partial charge on any atom is -0.464 e. The Kier molecular flexibility index (Phi) is 6.84. The van der Waals surface area contributed by atoms with Gasteiger partial charge in [0.25, 0.3) is 5.12 Å². The molecule has 0 spiro atoms. The summed E-state index contributed by atoms with van der Waals surface area (Å²) < 4.78 is 32.8. The van der Waals surface area contributed by atoms with Crippen molar-refractivity contribution >= 4 is 27.8 Å². The summed E-state index contributed by atoms with van der Waals surface area (Å²) in [5.74, 6) is -1.73. The molecule has 4 aliphatic carbocycles. The molecule has 2 aromatic heterocycles. The van der Waals surface area contributed by atoms with Crippen LogP contribution in [0.1, 0.15) is 62.6 Å². The summed E-state index contributed by atoms with van der Waals surface area (Å²) in [5.41, 5.74) is -3.30. The summed E-state index contributed by atoms with van der Waals surface area (Å²) in [6.45, 7) is 5.53. The molecule has 0 amide bonds. The lowest BCUT2D eigenvalue weighted by atomic mass is 9.46. The first kappa shape index (κ1) is 28.3. The van der Waals surface area contributed by atoms with Crippen LogP contribution in [0.15, 0.2) is 69.4 Å². The molecule has 10 heteroatoms. The van der Waals surface area contributed by atoms with Crippen LogP contribution < -0.4 is 0 Å². The number of carbonyl (C=O) groups excluding carboxylic acids is 3. The molecule has 0 saturated heterocycles. The summed E-state index contributed by atoms with van der Waals surface area (Å²) in [6, 6.07) is 6.12. The standard InChI is InChI=1S/C31H33FO8S/c1-16-12-19-18-14-21(32)20-13-17(33)8-9-29(20,2)25(18)22(34)15-30(19,3)31(16,40-26(35)23-6-4-10-38-23)28(37)41-27(36)24-7-5-11-39-24/h4-11,13,16,18-19,21-22,25-26,34-35H,12,14-15H2,1-3H3/t16-,18?,19?,21+,22+,25?,26?,29+,30+,31+/m1/s1. The molecule has 0 radical (unpaired) electrons. The van der Waals surface area contributed by atoms with E-state index in [1.807, 2.05) is 20.8 Å². The summed E-state index contributed by atoms with van der Waals surface area (Å²) in [5, 5.41) is 21.7. The lowest BCUT2D eigenvalue weighted by Crippen LogP contribution is -2.64. The maximum Gasteiger partial charge on any atom is 0.262 e. The molecule has 8 nitrogen and oxygen atoms in total. The van der Waals surface area contributed by atoms with Gasteiger partial charge in [0.1, 0.15) is 11.8 Å². The van der Waals surface area contributed by atoms with Crippen molar-refractivity contribution in [2.24, 2.45) is 34.5 Å². The Balaban J connectivity index is 1.43. The zero-order valence-corrected chi connectivity index (χ0v) is 23.8. The van der Waals surface area contributed by atoms with E-state index < -0.39 is 57.1 Å². The molecule has 41 heavy (non-hydrogen) atoms. The molecule has 4 aliphatic rings. The van der Waals surface area contributed by atoms with Crippen molar-refractivity contribution in [3.8, 4) is 0 Å². The molecule has 3 fully saturated rings. The molecule has 0 bridgehead atoms. The molecule has 2 aromatic rings. The van der Waals surface area contributed by atoms with Crippen LogP contribution in [0.2, 0.25) is 0 Å². The van der Waals surface area contributed by atoms with Gasteiger partial charge in [-0.1, -0.05) is 26.8 Å². The van der Waals surface area contributed by atoms with Crippen molar-refractivity contribution in [1.29, 1.82) is 0 Å². The molecule has 2 heterocycles. The number of alkyl halides is 1. The minimum absolute atomic E-state index is 0.000366. The molecule has 0 aromatic carbocycles. The second-order valence-corrected chi connectivity index (χ2v) is 13.3. The number of allylic oxidation sites excluding steroid dienone is 4. The van der Waals surface area contributed by atoms with E-state index in [-0.39, 0.29) is 42.0 Å². The van der Waals surface area contributed by atoms with Gasteiger partial charge in [0.2, 0.25) is 11.4 Å². The third-order valence-corrected chi connectivity index (χ3v) is 11.2. The Morgan fingerprint density at radius 3 is 2.59 bits per heavy atom. The highest BCUT2D eigenvalue weighted by Gasteiger charge is 2.73. The first-order valence-corrected chi connectivity index (χ1v) is 14.7. The maximum atomic E-state index is 15.8. The SMILES string of the molecule is C[C@@H]1CC2C3C[C@H](F)C4=CC(=O)C=C[C@]4(C)C3[C@@H](O)C[C@]2(C)[C@@]1(OC(O)c1ccco1)C(=O)SC(=O)c1ccco1. The van der Waals surface area contributed by atoms with Gasteiger partial charge in [-0.2, -0.15) is 0 Å². The predicted molar refractivity (Wildman–Crippen MR) is 146 cm³/mol. The number of carbonyl (C=O) groups is 3. The molecule has 4 unspecified atom stereocenters. The van der Waals surface area contributed by atoms with E-state index in [9.17, 15) is 24.6 Å². The normalized spacial score (nSPS) is 40.3. The summed E-state index contributed by atoms with van der Waals surface area (Å²) >= 11 is 0.448. The van der Waals surface area contributed by atoms with Crippen LogP contribution in [0.5, 0.6) is 0 Å². The van der Waals surface area contributed by atoms with Crippen LogP contribution >= 0.6 is 11.8 Å². The highest BCUT2D eigenvalue weighted by Crippen LogP contribution is 2.70. The third-order valence-electron chi connectivity index (χ3n) is 10.3. The number of ether oxygens (including phenoxy) is 1. The quantitative estimate of drug-likeness (QED) is 0.456. The number of ketones is 1. The van der Waals surface area contributed by atoms with Gasteiger partial charge in [0.05, 0.1) is 18.6 Å². The van der Waals surface area contributed by atoms with E-state index >= 15 is 4.39 Å². The number of halogens is 1. The Hall–Kier alpha value is -2.79. The number of aliphatic hydroxyl groups excluding tert-OH is 2. The van der Waals surface area contributed by atoms with Crippen LogP contribution in [0.3, 0.4) is 0 Å². The highest BCUT2D eigenvalue weighted by molar-refractivity contribution is 8.26. The molecule has 2 N–H and O–H groups in total. The molecular weight excluding hydrogens is 551 g/mol. The van der Waals surface area contributed by atoms with Crippen molar-refractivity contribution in [1.82, 2.24) is 0 Å². The van der Waals surface area contributed by atoms with E-state index in [2.05, 4.69) is 0 Å². The van der Waals surface area contributed by atoms with Gasteiger partial charge in [-0.3, -0.25) is 14.4 Å². The Labute approximate surface area is 241 Å². The molecular formula is C31H33FO8S. The predicted octanol–water partition coefficient (Wildman–Crippen LogP) is 5.19. The van der Waals surface area contributed by atoms with E-state index in [0.717, 1.165) is 0 Å². The fraction of sp³-hybridized carbons (Fsp3) is 0.516. The first-order valence-electron chi connectivity index (χ1n) is 13.9. The van der Waals surface area contributed by atoms with Gasteiger partial charge in [-0.05, 0) is 90.8 Å². The number of aliphatic hydroxyl groups is 2. The Bertz CT molecular complexity index is 1420. The Morgan fingerprint density at radius 2 is 1.90 bits per heavy atom. The Morgan fingerprint density at radius 1 is 1.17 bits per heavy atom. The lowest BCUT2D eigenvalue weighted by molar-refractivity contribution is -0.251. The van der Waals surface area contributed by atoms with Gasteiger partial charge in [-0.25, -0.2) is 4.39 Å². The zero-order valence-electron chi connectivity index (χ0n) is 23.0. The molecule has 10 atom stereocenters. The van der Waals surface area contributed by atoms with E-state index in [1.165, 1.54) is 36.8 Å². The molecule has 218 valence electrons. The number of hydrogen-bond donors (Lipinski definition) is 2. The van der Waals surface area contributed by atoms with Crippen molar-refractivity contribution in [2.75, 3.05) is 0 Å². The summed E-state index contributed by atoms with van der Waals surface area (Å²) in [4.78, 5) is 39.5. The van der Waals surface area contributed by atoms with Crippen LogP contribution in [0.4, 0.5) is 4.39 Å².